The van der Waals surface area contributed by atoms with Crippen LogP contribution < -0.4 is 0 Å². The Bertz CT molecular complexity index is 297. The van der Waals surface area contributed by atoms with E-state index in [-0.39, 0.29) is 0 Å². The van der Waals surface area contributed by atoms with Crippen LogP contribution in [-0.4, -0.2) is 35.0 Å². The quantitative estimate of drug-likeness (QED) is 0.561. The zero-order chi connectivity index (χ0) is 11.7. The molecule has 0 aromatic carbocycles. The third kappa shape index (κ3) is 2.35. The summed E-state index contributed by atoms with van der Waals surface area (Å²) in [5.74, 6) is 1.65. The predicted octanol–water partition coefficient (Wildman–Crippen LogP) is 2.88. The van der Waals surface area contributed by atoms with Crippen molar-refractivity contribution in [2.45, 2.75) is 57.4 Å². The van der Waals surface area contributed by atoms with Crippen LogP contribution in [-0.2, 0) is 0 Å². The zero-order valence-corrected chi connectivity index (χ0v) is 10.6. The Balaban J connectivity index is 1.60. The second-order valence-electron chi connectivity index (χ2n) is 6.17. The van der Waals surface area contributed by atoms with Crippen molar-refractivity contribution >= 4 is 5.71 Å². The fourth-order valence-electron chi connectivity index (χ4n) is 4.13. The summed E-state index contributed by atoms with van der Waals surface area (Å²) in [4.78, 5) is 2.74. The Morgan fingerprint density at radius 1 is 1.00 bits per heavy atom. The summed E-state index contributed by atoms with van der Waals surface area (Å²) in [6.45, 7) is 2.57. The van der Waals surface area contributed by atoms with Gasteiger partial charge in [0, 0.05) is 19.1 Å². The summed E-state index contributed by atoms with van der Waals surface area (Å²) < 4.78 is 0. The van der Waals surface area contributed by atoms with Crippen molar-refractivity contribution in [1.82, 2.24) is 4.90 Å². The highest BCUT2D eigenvalue weighted by atomic mass is 16.4. The summed E-state index contributed by atoms with van der Waals surface area (Å²) >= 11 is 0. The average molecular weight is 236 g/mol. The van der Waals surface area contributed by atoms with Gasteiger partial charge in [-0.3, -0.25) is 4.90 Å². The Kier molecular flexibility index (Phi) is 3.37. The topological polar surface area (TPSA) is 35.8 Å². The smallest absolute Gasteiger partial charge is 0.0574 e. The summed E-state index contributed by atoms with van der Waals surface area (Å²) in [5, 5.41) is 12.3. The molecule has 3 aliphatic rings. The second-order valence-corrected chi connectivity index (χ2v) is 6.17. The van der Waals surface area contributed by atoms with Gasteiger partial charge in [-0.05, 0) is 43.9 Å². The minimum Gasteiger partial charge on any atom is -0.411 e. The number of nitrogens with zero attached hydrogens (tertiary/aromatic N) is 2. The molecule has 0 spiro atoms. The third-order valence-electron chi connectivity index (χ3n) is 5.14. The van der Waals surface area contributed by atoms with Crippen LogP contribution >= 0.6 is 0 Å². The summed E-state index contributed by atoms with van der Waals surface area (Å²) in [6, 6.07) is 0.865. The maximum absolute atomic E-state index is 8.90. The maximum atomic E-state index is 8.90. The molecule has 2 atom stereocenters. The Labute approximate surface area is 104 Å². The van der Waals surface area contributed by atoms with Crippen molar-refractivity contribution in [3.63, 3.8) is 0 Å². The second kappa shape index (κ2) is 4.97. The first kappa shape index (κ1) is 11.5. The lowest BCUT2D eigenvalue weighted by atomic mass is 9.81. The summed E-state index contributed by atoms with van der Waals surface area (Å²) in [5.41, 5.74) is 1.04. The first-order chi connectivity index (χ1) is 8.36. The molecule has 2 saturated carbocycles. The van der Waals surface area contributed by atoms with Crippen molar-refractivity contribution in [2.75, 3.05) is 13.1 Å². The molecule has 0 aromatic heterocycles. The molecule has 3 rings (SSSR count). The van der Waals surface area contributed by atoms with Crippen LogP contribution in [0.2, 0.25) is 0 Å². The minimum absolute atomic E-state index is 0.775. The van der Waals surface area contributed by atoms with E-state index in [1.165, 1.54) is 51.6 Å². The molecule has 1 aliphatic heterocycles. The van der Waals surface area contributed by atoms with E-state index in [4.69, 9.17) is 5.21 Å². The molecule has 17 heavy (non-hydrogen) atoms. The molecule has 3 heteroatoms. The number of hydrogen-bond acceptors (Lipinski definition) is 3. The fraction of sp³-hybridized carbons (Fsp3) is 0.929. The van der Waals surface area contributed by atoms with E-state index in [0.717, 1.165) is 36.4 Å². The molecule has 96 valence electrons. The molecule has 0 aromatic rings. The number of hydrogen-bond donors (Lipinski definition) is 1. The van der Waals surface area contributed by atoms with Crippen LogP contribution in [0.4, 0.5) is 0 Å². The van der Waals surface area contributed by atoms with Gasteiger partial charge in [-0.2, -0.15) is 0 Å². The van der Waals surface area contributed by atoms with Crippen LogP contribution in [0.25, 0.3) is 0 Å². The fourth-order valence-corrected chi connectivity index (χ4v) is 4.13. The Morgan fingerprint density at radius 3 is 2.53 bits per heavy atom. The number of fused-ring (bicyclic) bond motifs is 1. The monoisotopic (exact) mass is 236 g/mol. The first-order valence-corrected chi connectivity index (χ1v) is 7.30. The molecule has 3 fully saturated rings. The highest BCUT2D eigenvalue weighted by molar-refractivity contribution is 5.84. The van der Waals surface area contributed by atoms with Crippen molar-refractivity contribution < 1.29 is 5.21 Å². The molecule has 2 aliphatic carbocycles. The normalized spacial score (nSPS) is 38.5. The van der Waals surface area contributed by atoms with E-state index in [1.54, 1.807) is 0 Å². The van der Waals surface area contributed by atoms with Crippen LogP contribution in [0.15, 0.2) is 5.16 Å². The largest absolute Gasteiger partial charge is 0.411 e. The summed E-state index contributed by atoms with van der Waals surface area (Å²) in [7, 11) is 0. The number of oxime groups is 1. The van der Waals surface area contributed by atoms with Gasteiger partial charge in [-0.15, -0.1) is 0 Å². The van der Waals surface area contributed by atoms with Crippen molar-refractivity contribution in [3.05, 3.63) is 0 Å². The zero-order valence-electron chi connectivity index (χ0n) is 10.6. The molecule has 1 saturated heterocycles. The highest BCUT2D eigenvalue weighted by Crippen LogP contribution is 2.37. The third-order valence-corrected chi connectivity index (χ3v) is 5.14. The molecule has 0 amide bonds. The van der Waals surface area contributed by atoms with Crippen molar-refractivity contribution in [2.24, 2.45) is 17.0 Å². The molecule has 0 bridgehead atoms. The molecule has 1 N–H and O–H groups in total. The van der Waals surface area contributed by atoms with Crippen LogP contribution in [0.1, 0.15) is 51.4 Å². The molecule has 1 heterocycles. The molecular formula is C14H24N2O. The van der Waals surface area contributed by atoms with Crippen molar-refractivity contribution in [3.8, 4) is 0 Å². The lowest BCUT2D eigenvalue weighted by molar-refractivity contribution is 0.182. The van der Waals surface area contributed by atoms with Gasteiger partial charge in [0.05, 0.1) is 5.71 Å². The lowest BCUT2D eigenvalue weighted by Crippen LogP contribution is -2.35. The van der Waals surface area contributed by atoms with Gasteiger partial charge in [0.1, 0.15) is 0 Å². The number of rotatable bonds is 1. The average Bonchev–Trinajstić information content (AvgIpc) is 2.82. The molecular weight excluding hydrogens is 212 g/mol. The molecule has 0 unspecified atom stereocenters. The van der Waals surface area contributed by atoms with E-state index in [2.05, 4.69) is 10.1 Å². The maximum Gasteiger partial charge on any atom is 0.0574 e. The van der Waals surface area contributed by atoms with Crippen molar-refractivity contribution in [1.29, 1.82) is 0 Å². The van der Waals surface area contributed by atoms with Gasteiger partial charge in [-0.25, -0.2) is 0 Å². The number of likely N-dealkylation sites (tertiary alicyclic amines) is 1. The van der Waals surface area contributed by atoms with E-state index in [1.807, 2.05) is 0 Å². The predicted molar refractivity (Wildman–Crippen MR) is 68.5 cm³/mol. The molecule has 3 nitrogen and oxygen atoms in total. The van der Waals surface area contributed by atoms with Gasteiger partial charge < -0.3 is 5.21 Å². The summed E-state index contributed by atoms with van der Waals surface area (Å²) in [6.07, 6.45) is 10.5. The van der Waals surface area contributed by atoms with Crippen LogP contribution in [0.3, 0.4) is 0 Å². The van der Waals surface area contributed by atoms with Gasteiger partial charge in [-0.1, -0.05) is 24.4 Å². The lowest BCUT2D eigenvalue weighted by Gasteiger charge is -2.31. The Hall–Kier alpha value is -0.570. The standard InChI is InChI=1S/C14H24N2O/c17-15-13-7-6-11-9-16(10-12(11)8-13)14-4-2-1-3-5-14/h11-12,14,17H,1-10H2/b15-13+/t11-,12-/m1/s1. The van der Waals surface area contributed by atoms with Crippen LogP contribution in [0, 0.1) is 11.8 Å². The van der Waals surface area contributed by atoms with Gasteiger partial charge in [0.25, 0.3) is 0 Å². The Morgan fingerprint density at radius 2 is 1.76 bits per heavy atom. The van der Waals surface area contributed by atoms with E-state index in [0.29, 0.717) is 0 Å². The van der Waals surface area contributed by atoms with E-state index >= 15 is 0 Å². The SMILES string of the molecule is O/N=C1\CC[C@@H]2CN(C3CCCCC3)C[C@H]2C1. The van der Waals surface area contributed by atoms with Crippen LogP contribution in [0.5, 0.6) is 0 Å². The van der Waals surface area contributed by atoms with Gasteiger partial charge >= 0.3 is 0 Å². The van der Waals surface area contributed by atoms with Gasteiger partial charge in [0.15, 0.2) is 0 Å². The van der Waals surface area contributed by atoms with E-state index in [9.17, 15) is 0 Å². The minimum atomic E-state index is 0.775. The first-order valence-electron chi connectivity index (χ1n) is 7.30. The highest BCUT2D eigenvalue weighted by Gasteiger charge is 2.39. The molecule has 0 radical (unpaired) electrons. The van der Waals surface area contributed by atoms with E-state index < -0.39 is 0 Å². The van der Waals surface area contributed by atoms with Gasteiger partial charge in [0.2, 0.25) is 0 Å².